The molecule has 0 aliphatic heterocycles. The van der Waals surface area contributed by atoms with Gasteiger partial charge in [-0.25, -0.2) is 0 Å². The van der Waals surface area contributed by atoms with Gasteiger partial charge >= 0.3 is 0 Å². The number of rotatable bonds is 3. The molecule has 1 amide bonds. The second-order valence-corrected chi connectivity index (χ2v) is 6.77. The molecule has 5 heteroatoms. The molecule has 0 radical (unpaired) electrons. The smallest absolute Gasteiger partial charge is 0.279 e. The molecule has 0 unspecified atom stereocenters. The molecule has 3 aromatic rings. The lowest BCUT2D eigenvalue weighted by Crippen LogP contribution is -2.13. The summed E-state index contributed by atoms with van der Waals surface area (Å²) in [6.07, 6.45) is 0. The quantitative estimate of drug-likeness (QED) is 0.742. The molecule has 23 heavy (non-hydrogen) atoms. The second-order valence-electron chi connectivity index (χ2n) is 5.76. The molecule has 0 aliphatic carbocycles. The van der Waals surface area contributed by atoms with Crippen molar-refractivity contribution in [1.29, 1.82) is 0 Å². The van der Waals surface area contributed by atoms with Crippen LogP contribution in [0.3, 0.4) is 0 Å². The third-order valence-electron chi connectivity index (χ3n) is 3.61. The van der Waals surface area contributed by atoms with Crippen LogP contribution in [0.5, 0.6) is 0 Å². The van der Waals surface area contributed by atoms with Crippen LogP contribution in [0.1, 0.15) is 15.9 Å². The topological polar surface area (TPSA) is 37.6 Å². The summed E-state index contributed by atoms with van der Waals surface area (Å²) in [7, 11) is 5.98. The van der Waals surface area contributed by atoms with E-state index < -0.39 is 0 Å². The first-order valence-corrected chi connectivity index (χ1v) is 8.23. The van der Waals surface area contributed by atoms with Crippen molar-refractivity contribution in [1.82, 2.24) is 9.47 Å². The monoisotopic (exact) mass is 325 g/mol. The van der Waals surface area contributed by atoms with Crippen molar-refractivity contribution in [3.63, 3.8) is 0 Å². The van der Waals surface area contributed by atoms with Gasteiger partial charge in [-0.05, 0) is 43.9 Å². The summed E-state index contributed by atoms with van der Waals surface area (Å²) in [6.45, 7) is 0.858. The zero-order chi connectivity index (χ0) is 16.4. The van der Waals surface area contributed by atoms with Gasteiger partial charge in [-0.1, -0.05) is 35.6 Å². The van der Waals surface area contributed by atoms with Gasteiger partial charge in [-0.3, -0.25) is 4.79 Å². The molecule has 0 N–H and O–H groups in total. The summed E-state index contributed by atoms with van der Waals surface area (Å²) in [4.78, 5) is 19.5. The SMILES string of the molecule is CN(C)Cc1ccc(C(=O)N=c2sc3ccccc3n2C)cc1. The van der Waals surface area contributed by atoms with Crippen LogP contribution < -0.4 is 4.80 Å². The first kappa shape index (κ1) is 15.6. The predicted molar refractivity (Wildman–Crippen MR) is 94.5 cm³/mol. The van der Waals surface area contributed by atoms with E-state index in [9.17, 15) is 4.79 Å². The van der Waals surface area contributed by atoms with Crippen LogP contribution in [0, 0.1) is 0 Å². The van der Waals surface area contributed by atoms with Crippen molar-refractivity contribution in [3.8, 4) is 0 Å². The van der Waals surface area contributed by atoms with Gasteiger partial charge < -0.3 is 9.47 Å². The minimum absolute atomic E-state index is 0.205. The molecule has 0 saturated heterocycles. The number of amides is 1. The molecular formula is C18H19N3OS. The van der Waals surface area contributed by atoms with E-state index in [2.05, 4.69) is 9.89 Å². The van der Waals surface area contributed by atoms with Gasteiger partial charge in [0.05, 0.1) is 10.2 Å². The number of aromatic nitrogens is 1. The Labute approximate surface area is 139 Å². The molecular weight excluding hydrogens is 306 g/mol. The normalized spacial score (nSPS) is 12.3. The summed E-state index contributed by atoms with van der Waals surface area (Å²) in [5, 5.41) is 0. The minimum atomic E-state index is -0.205. The fraction of sp³-hybridized carbons (Fsp3) is 0.222. The molecule has 3 rings (SSSR count). The van der Waals surface area contributed by atoms with Crippen LogP contribution >= 0.6 is 11.3 Å². The lowest BCUT2D eigenvalue weighted by molar-refractivity contribution is 0.0998. The summed E-state index contributed by atoms with van der Waals surface area (Å²) in [5.74, 6) is -0.205. The van der Waals surface area contributed by atoms with E-state index in [1.165, 1.54) is 16.9 Å². The fourth-order valence-electron chi connectivity index (χ4n) is 2.46. The highest BCUT2D eigenvalue weighted by Gasteiger charge is 2.07. The molecule has 1 aromatic heterocycles. The molecule has 1 heterocycles. The second kappa shape index (κ2) is 6.48. The molecule has 4 nitrogen and oxygen atoms in total. The maximum Gasteiger partial charge on any atom is 0.279 e. The van der Waals surface area contributed by atoms with Gasteiger partial charge in [-0.15, -0.1) is 0 Å². The largest absolute Gasteiger partial charge is 0.319 e. The third-order valence-corrected chi connectivity index (χ3v) is 4.72. The lowest BCUT2D eigenvalue weighted by Gasteiger charge is -2.09. The Kier molecular flexibility index (Phi) is 4.41. The van der Waals surface area contributed by atoms with Gasteiger partial charge in [0, 0.05) is 19.2 Å². The Balaban J connectivity index is 1.92. The molecule has 0 spiro atoms. The maximum absolute atomic E-state index is 12.4. The number of hydrogen-bond acceptors (Lipinski definition) is 3. The van der Waals surface area contributed by atoms with Crippen LogP contribution in [0.25, 0.3) is 10.2 Å². The molecule has 0 bridgehead atoms. The Morgan fingerprint density at radius 3 is 2.48 bits per heavy atom. The van der Waals surface area contributed by atoms with Crippen LogP contribution in [0.2, 0.25) is 0 Å². The number of thiazole rings is 1. The van der Waals surface area contributed by atoms with Crippen LogP contribution in [-0.4, -0.2) is 29.5 Å². The van der Waals surface area contributed by atoms with Crippen molar-refractivity contribution in [2.75, 3.05) is 14.1 Å². The standard InChI is InChI=1S/C18H19N3OS/c1-20(2)12-13-8-10-14(11-9-13)17(22)19-18-21(3)15-6-4-5-7-16(15)23-18/h4-11H,12H2,1-3H3. The van der Waals surface area contributed by atoms with Crippen molar-refractivity contribution in [2.45, 2.75) is 6.54 Å². The summed E-state index contributed by atoms with van der Waals surface area (Å²) in [6, 6.07) is 15.7. The van der Waals surface area contributed by atoms with E-state index in [0.29, 0.717) is 10.4 Å². The van der Waals surface area contributed by atoms with Crippen LogP contribution in [0.4, 0.5) is 0 Å². The molecule has 0 fully saturated rings. The Morgan fingerprint density at radius 2 is 1.83 bits per heavy atom. The number of carbonyl (C=O) groups excluding carboxylic acids is 1. The van der Waals surface area contributed by atoms with Crippen molar-refractivity contribution in [2.24, 2.45) is 12.0 Å². The van der Waals surface area contributed by atoms with E-state index in [1.54, 1.807) is 0 Å². The number of nitrogens with zero attached hydrogens (tertiary/aromatic N) is 3. The Morgan fingerprint density at radius 1 is 1.13 bits per heavy atom. The van der Waals surface area contributed by atoms with E-state index in [0.717, 1.165) is 16.8 Å². The average Bonchev–Trinajstić information content (AvgIpc) is 2.84. The Bertz CT molecular complexity index is 904. The number of aryl methyl sites for hydroxylation is 1. The van der Waals surface area contributed by atoms with Crippen molar-refractivity contribution >= 4 is 27.5 Å². The third kappa shape index (κ3) is 3.41. The first-order valence-electron chi connectivity index (χ1n) is 7.42. The highest BCUT2D eigenvalue weighted by Crippen LogP contribution is 2.15. The zero-order valence-corrected chi connectivity index (χ0v) is 14.3. The molecule has 0 aliphatic rings. The minimum Gasteiger partial charge on any atom is -0.319 e. The molecule has 118 valence electrons. The summed E-state index contributed by atoms with van der Waals surface area (Å²) >= 11 is 1.53. The Hall–Kier alpha value is -2.24. The maximum atomic E-state index is 12.4. The van der Waals surface area contributed by atoms with E-state index in [-0.39, 0.29) is 5.91 Å². The van der Waals surface area contributed by atoms with Gasteiger partial charge in [0.2, 0.25) is 0 Å². The fourth-order valence-corrected chi connectivity index (χ4v) is 3.47. The van der Waals surface area contributed by atoms with E-state index in [1.807, 2.05) is 74.2 Å². The van der Waals surface area contributed by atoms with E-state index in [4.69, 9.17) is 0 Å². The number of fused-ring (bicyclic) bond motifs is 1. The average molecular weight is 325 g/mol. The first-order chi connectivity index (χ1) is 11.0. The highest BCUT2D eigenvalue weighted by molar-refractivity contribution is 7.16. The van der Waals surface area contributed by atoms with Gasteiger partial charge in [-0.2, -0.15) is 4.99 Å². The zero-order valence-electron chi connectivity index (χ0n) is 13.5. The van der Waals surface area contributed by atoms with Crippen molar-refractivity contribution in [3.05, 3.63) is 64.5 Å². The van der Waals surface area contributed by atoms with Gasteiger partial charge in [0.25, 0.3) is 5.91 Å². The number of carbonyl (C=O) groups is 1. The number of para-hydroxylation sites is 1. The predicted octanol–water partition coefficient (Wildman–Crippen LogP) is 3.04. The molecule has 2 aromatic carbocycles. The lowest BCUT2D eigenvalue weighted by atomic mass is 10.1. The van der Waals surface area contributed by atoms with Gasteiger partial charge in [0.15, 0.2) is 4.80 Å². The molecule has 0 atom stereocenters. The van der Waals surface area contributed by atoms with Gasteiger partial charge in [0.1, 0.15) is 0 Å². The summed E-state index contributed by atoms with van der Waals surface area (Å²) < 4.78 is 3.08. The van der Waals surface area contributed by atoms with Crippen molar-refractivity contribution < 1.29 is 4.79 Å². The van der Waals surface area contributed by atoms with Crippen LogP contribution in [-0.2, 0) is 13.6 Å². The van der Waals surface area contributed by atoms with Crippen LogP contribution in [0.15, 0.2) is 53.5 Å². The number of benzene rings is 2. The summed E-state index contributed by atoms with van der Waals surface area (Å²) in [5.41, 5.74) is 2.88. The van der Waals surface area contributed by atoms with E-state index >= 15 is 0 Å². The number of hydrogen-bond donors (Lipinski definition) is 0. The molecule has 0 saturated carbocycles. The highest BCUT2D eigenvalue weighted by atomic mass is 32.1.